The van der Waals surface area contributed by atoms with Gasteiger partial charge in [0, 0.05) is 34.6 Å². The molecule has 57 heavy (non-hydrogen) atoms. The molecule has 2 aromatic carbocycles. The van der Waals surface area contributed by atoms with Crippen LogP contribution in [0.5, 0.6) is 0 Å². The van der Waals surface area contributed by atoms with Crippen LogP contribution in [0, 0.1) is 0 Å². The van der Waals surface area contributed by atoms with Gasteiger partial charge in [-0.25, -0.2) is 14.4 Å². The molecule has 0 aromatic heterocycles. The first-order chi connectivity index (χ1) is 27.1. The Labute approximate surface area is 325 Å². The van der Waals surface area contributed by atoms with E-state index >= 15 is 0 Å². The van der Waals surface area contributed by atoms with Crippen molar-refractivity contribution in [1.82, 2.24) is 0 Å². The van der Waals surface area contributed by atoms with Crippen molar-refractivity contribution in [3.8, 4) is 0 Å². The zero-order chi connectivity index (χ0) is 41.4. The lowest BCUT2D eigenvalue weighted by atomic mass is 10.0. The number of ether oxygens (including phenoxy) is 12. The van der Waals surface area contributed by atoms with Crippen LogP contribution in [-0.4, -0.2) is 129 Å². The normalized spacial score (nSPS) is 28.5. The molecule has 0 aliphatic carbocycles. The SMILES string of the molecule is COC(=O)[C@]1(C)O[C@H]2O[C@@H]([C@H](CO[C@@H]3O[C@@H]([C@@H](COC(C)=O)OC(C)=O)[C@H](OC(C)=O)[C@H]3OC(C)=O)OC(=O)c3ccccc3)[C@H](OC(=O)c3ccccc3)[C@H]2O1. The molecule has 3 aliphatic rings. The van der Waals surface area contributed by atoms with Gasteiger partial charge in [0.2, 0.25) is 0 Å². The Morgan fingerprint density at radius 3 is 1.75 bits per heavy atom. The highest BCUT2D eigenvalue weighted by atomic mass is 16.9. The van der Waals surface area contributed by atoms with Gasteiger partial charge in [-0.15, -0.1) is 0 Å². The second kappa shape index (κ2) is 18.6. The van der Waals surface area contributed by atoms with E-state index < -0.39 is 122 Å². The first-order valence-electron chi connectivity index (χ1n) is 17.6. The van der Waals surface area contributed by atoms with Gasteiger partial charge in [0.15, 0.2) is 49.2 Å². The van der Waals surface area contributed by atoms with E-state index in [1.54, 1.807) is 36.4 Å². The lowest BCUT2D eigenvalue weighted by Gasteiger charge is -2.31. The smallest absolute Gasteiger partial charge is 0.366 e. The summed E-state index contributed by atoms with van der Waals surface area (Å²) in [6.07, 6.45) is -14.5. The van der Waals surface area contributed by atoms with Gasteiger partial charge in [-0.3, -0.25) is 19.2 Å². The fourth-order valence-electron chi connectivity index (χ4n) is 6.36. The largest absolute Gasteiger partial charge is 0.465 e. The number of rotatable bonds is 15. The standard InChI is InChI=1S/C38H42O19/c1-19(39)47-17-25(49-20(2)40)27-29(50-21(3)41)31(51-22(4)42)35(54-27)48-18-26(52-33(43)23-13-9-7-10-14-23)28-30(53-34(44)24-15-11-8-12-16-24)32-36(55-28)57-38(5,56-32)37(45)46-6/h7-16,25-32,35-36H,17-18H2,1-6H3/t25-,26+,27+,28+,29+,30+,31-,32-,35-,36-,38+/m1/s1. The third-order valence-electron chi connectivity index (χ3n) is 8.72. The van der Waals surface area contributed by atoms with Crippen molar-refractivity contribution in [3.05, 3.63) is 71.8 Å². The topological polar surface area (TPSA) is 230 Å². The van der Waals surface area contributed by atoms with E-state index in [4.69, 9.17) is 56.8 Å². The van der Waals surface area contributed by atoms with Crippen LogP contribution in [0.3, 0.4) is 0 Å². The third-order valence-corrected chi connectivity index (χ3v) is 8.72. The third kappa shape index (κ3) is 10.5. The average molecular weight is 803 g/mol. The Morgan fingerprint density at radius 2 is 1.19 bits per heavy atom. The molecule has 3 heterocycles. The van der Waals surface area contributed by atoms with Crippen LogP contribution in [0.4, 0.5) is 0 Å². The van der Waals surface area contributed by atoms with Gasteiger partial charge in [0.1, 0.15) is 18.8 Å². The molecule has 3 aliphatic heterocycles. The molecule has 308 valence electrons. The summed E-state index contributed by atoms with van der Waals surface area (Å²) in [5.74, 6) is -7.82. The number of carbonyl (C=O) groups is 7. The van der Waals surface area contributed by atoms with Crippen LogP contribution < -0.4 is 0 Å². The predicted octanol–water partition coefficient (Wildman–Crippen LogP) is 1.57. The zero-order valence-corrected chi connectivity index (χ0v) is 31.7. The fraction of sp³-hybridized carbons (Fsp3) is 0.500. The van der Waals surface area contributed by atoms with E-state index in [1.807, 2.05) is 0 Å². The number of hydrogen-bond donors (Lipinski definition) is 0. The second-order valence-corrected chi connectivity index (χ2v) is 13.1. The molecule has 0 bridgehead atoms. The number of hydrogen-bond acceptors (Lipinski definition) is 19. The molecule has 19 heteroatoms. The predicted molar refractivity (Wildman–Crippen MR) is 184 cm³/mol. The molecule has 0 saturated carbocycles. The van der Waals surface area contributed by atoms with Gasteiger partial charge in [-0.1, -0.05) is 36.4 Å². The number of fused-ring (bicyclic) bond motifs is 1. The first-order valence-corrected chi connectivity index (χ1v) is 17.6. The van der Waals surface area contributed by atoms with Crippen LogP contribution in [0.15, 0.2) is 60.7 Å². The van der Waals surface area contributed by atoms with E-state index in [0.29, 0.717) is 0 Å². The number of benzene rings is 2. The van der Waals surface area contributed by atoms with Gasteiger partial charge in [-0.2, -0.15) is 0 Å². The highest BCUT2D eigenvalue weighted by molar-refractivity contribution is 5.90. The molecule has 5 rings (SSSR count). The number of carbonyl (C=O) groups excluding carboxylic acids is 7. The van der Waals surface area contributed by atoms with E-state index in [0.717, 1.165) is 34.8 Å². The molecule has 0 radical (unpaired) electrons. The molecular weight excluding hydrogens is 760 g/mol. The van der Waals surface area contributed by atoms with E-state index in [2.05, 4.69) is 0 Å². The molecule has 0 spiro atoms. The van der Waals surface area contributed by atoms with Crippen molar-refractivity contribution in [2.45, 2.75) is 102 Å². The Balaban J connectivity index is 1.49. The summed E-state index contributed by atoms with van der Waals surface area (Å²) in [5, 5.41) is 0. The summed E-state index contributed by atoms with van der Waals surface area (Å²) >= 11 is 0. The Hall–Kier alpha value is -5.47. The average Bonchev–Trinajstić information content (AvgIpc) is 3.79. The van der Waals surface area contributed by atoms with Crippen LogP contribution in [-0.2, 0) is 80.8 Å². The van der Waals surface area contributed by atoms with Gasteiger partial charge in [0.05, 0.1) is 24.8 Å². The minimum Gasteiger partial charge on any atom is -0.465 e. The number of methoxy groups -OCH3 is 1. The van der Waals surface area contributed by atoms with Crippen LogP contribution in [0.2, 0.25) is 0 Å². The molecule has 11 atom stereocenters. The summed E-state index contributed by atoms with van der Waals surface area (Å²) < 4.78 is 68.2. The van der Waals surface area contributed by atoms with Crippen LogP contribution in [0.1, 0.15) is 55.3 Å². The van der Waals surface area contributed by atoms with Crippen molar-refractivity contribution < 1.29 is 90.4 Å². The minimum absolute atomic E-state index is 0.115. The highest BCUT2D eigenvalue weighted by Crippen LogP contribution is 2.42. The molecule has 0 amide bonds. The van der Waals surface area contributed by atoms with Gasteiger partial charge in [0.25, 0.3) is 5.79 Å². The minimum atomic E-state index is -1.97. The molecule has 3 fully saturated rings. The van der Waals surface area contributed by atoms with Crippen molar-refractivity contribution in [2.24, 2.45) is 0 Å². The molecule has 19 nitrogen and oxygen atoms in total. The van der Waals surface area contributed by atoms with Crippen LogP contribution >= 0.6 is 0 Å². The first kappa shape index (κ1) is 42.7. The van der Waals surface area contributed by atoms with E-state index in [1.165, 1.54) is 31.2 Å². The molecule has 3 saturated heterocycles. The Morgan fingerprint density at radius 1 is 0.632 bits per heavy atom. The summed E-state index contributed by atoms with van der Waals surface area (Å²) in [7, 11) is 1.12. The molecule has 0 N–H and O–H groups in total. The van der Waals surface area contributed by atoms with E-state index in [-0.39, 0.29) is 11.1 Å². The van der Waals surface area contributed by atoms with Crippen molar-refractivity contribution in [1.29, 1.82) is 0 Å². The van der Waals surface area contributed by atoms with Crippen molar-refractivity contribution >= 4 is 41.8 Å². The molecular formula is C38H42O19. The van der Waals surface area contributed by atoms with Gasteiger partial charge >= 0.3 is 41.8 Å². The van der Waals surface area contributed by atoms with Gasteiger partial charge in [-0.05, 0) is 24.3 Å². The Kier molecular flexibility index (Phi) is 14.0. The summed E-state index contributed by atoms with van der Waals surface area (Å²) in [6, 6.07) is 15.7. The fourth-order valence-corrected chi connectivity index (χ4v) is 6.36. The quantitative estimate of drug-likeness (QED) is 0.184. The Bertz CT molecular complexity index is 1780. The number of esters is 7. The lowest BCUT2D eigenvalue weighted by Crippen LogP contribution is -2.49. The summed E-state index contributed by atoms with van der Waals surface area (Å²) in [5.41, 5.74) is 0.259. The second-order valence-electron chi connectivity index (χ2n) is 13.1. The maximum absolute atomic E-state index is 13.6. The summed E-state index contributed by atoms with van der Waals surface area (Å²) in [6.45, 7) is 4.42. The molecule has 0 unspecified atom stereocenters. The van der Waals surface area contributed by atoms with Crippen molar-refractivity contribution in [2.75, 3.05) is 20.3 Å². The molecule has 2 aromatic rings. The monoisotopic (exact) mass is 802 g/mol. The zero-order valence-electron chi connectivity index (χ0n) is 31.7. The van der Waals surface area contributed by atoms with Crippen LogP contribution in [0.25, 0.3) is 0 Å². The highest BCUT2D eigenvalue weighted by Gasteiger charge is 2.63. The maximum Gasteiger partial charge on any atom is 0.366 e. The van der Waals surface area contributed by atoms with Crippen molar-refractivity contribution in [3.63, 3.8) is 0 Å². The van der Waals surface area contributed by atoms with Gasteiger partial charge < -0.3 is 56.8 Å². The maximum atomic E-state index is 13.6. The lowest BCUT2D eigenvalue weighted by molar-refractivity contribution is -0.248. The summed E-state index contributed by atoms with van der Waals surface area (Å²) in [4.78, 5) is 88.1. The van der Waals surface area contributed by atoms with E-state index in [9.17, 15) is 33.6 Å².